The molecular weight excluding hydrogens is 376 g/mol. The second-order valence-corrected chi connectivity index (χ2v) is 9.66. The molecule has 6 nitrogen and oxygen atoms in total. The Kier molecular flexibility index (Phi) is 4.26. The van der Waals surface area contributed by atoms with Crippen molar-refractivity contribution in [3.8, 4) is 0 Å². The van der Waals surface area contributed by atoms with Crippen LogP contribution in [0.15, 0.2) is 25.1 Å². The molecule has 2 aliphatic heterocycles. The molecule has 2 aliphatic rings. The molecule has 0 atom stereocenters. The Hall–Kier alpha value is -0.640. The van der Waals surface area contributed by atoms with E-state index in [1.54, 1.807) is 12.1 Å². The Morgan fingerprint density at radius 2 is 1.90 bits per heavy atom. The van der Waals surface area contributed by atoms with E-state index in [9.17, 15) is 8.42 Å². The van der Waals surface area contributed by atoms with E-state index in [-0.39, 0.29) is 0 Å². The number of aliphatic imine (C=N–C) groups is 1. The number of nitrogens with zero attached hydrogens (tertiary/aromatic N) is 4. The van der Waals surface area contributed by atoms with Crippen molar-refractivity contribution in [2.45, 2.75) is 4.21 Å². The van der Waals surface area contributed by atoms with Crippen LogP contribution in [0, 0.1) is 0 Å². The maximum atomic E-state index is 12.8. The highest BCUT2D eigenvalue weighted by Gasteiger charge is 2.35. The first kappa shape index (κ1) is 15.3. The van der Waals surface area contributed by atoms with Gasteiger partial charge in [0.1, 0.15) is 4.21 Å². The molecule has 0 saturated carbocycles. The van der Waals surface area contributed by atoms with Crippen LogP contribution < -0.4 is 0 Å². The molecule has 0 aromatic carbocycles. The monoisotopic (exact) mass is 392 g/mol. The van der Waals surface area contributed by atoms with Crippen molar-refractivity contribution < 1.29 is 8.42 Å². The highest BCUT2D eigenvalue weighted by Crippen LogP contribution is 2.30. The summed E-state index contributed by atoms with van der Waals surface area (Å²) in [6, 6.07) is 3.41. The third kappa shape index (κ3) is 2.96. The van der Waals surface area contributed by atoms with E-state index in [2.05, 4.69) is 37.8 Å². The van der Waals surface area contributed by atoms with Crippen LogP contribution in [0.1, 0.15) is 0 Å². The molecule has 3 rings (SSSR count). The molecule has 9 heteroatoms. The topological polar surface area (TPSA) is 56.2 Å². The summed E-state index contributed by atoms with van der Waals surface area (Å²) in [4.78, 5) is 8.74. The Balaban J connectivity index is 1.83. The maximum absolute atomic E-state index is 12.8. The standard InChI is InChI=1S/C12H17BrN4O2S2/c1-15-6-8-16(9-7-15)12-14-4-5-17(12)21(18,19)11-3-2-10(13)20-11/h2-3H,4-9H2,1H3. The van der Waals surface area contributed by atoms with E-state index in [0.717, 1.165) is 30.0 Å². The zero-order chi connectivity index (χ0) is 15.0. The lowest BCUT2D eigenvalue weighted by Crippen LogP contribution is -2.52. The minimum atomic E-state index is -3.49. The van der Waals surface area contributed by atoms with Gasteiger partial charge in [-0.05, 0) is 35.1 Å². The molecule has 116 valence electrons. The zero-order valence-electron chi connectivity index (χ0n) is 11.7. The van der Waals surface area contributed by atoms with Crippen LogP contribution in [0.25, 0.3) is 0 Å². The predicted molar refractivity (Wildman–Crippen MR) is 87.3 cm³/mol. The van der Waals surface area contributed by atoms with Crippen LogP contribution in [-0.2, 0) is 10.0 Å². The number of hydrogen-bond acceptors (Lipinski definition) is 6. The van der Waals surface area contributed by atoms with Gasteiger partial charge >= 0.3 is 0 Å². The van der Waals surface area contributed by atoms with E-state index in [0.29, 0.717) is 23.3 Å². The van der Waals surface area contributed by atoms with Gasteiger partial charge in [-0.1, -0.05) is 0 Å². The van der Waals surface area contributed by atoms with Gasteiger partial charge in [0.15, 0.2) is 0 Å². The number of rotatable bonds is 2. The smallest absolute Gasteiger partial charge is 0.276 e. The average molecular weight is 393 g/mol. The highest BCUT2D eigenvalue weighted by molar-refractivity contribution is 9.11. The molecule has 0 spiro atoms. The predicted octanol–water partition coefficient (Wildman–Crippen LogP) is 1.12. The number of hydrogen-bond donors (Lipinski definition) is 0. The molecule has 0 aliphatic carbocycles. The van der Waals surface area contributed by atoms with Crippen LogP contribution in [0.5, 0.6) is 0 Å². The van der Waals surface area contributed by atoms with Crippen molar-refractivity contribution in [3.05, 3.63) is 15.9 Å². The van der Waals surface area contributed by atoms with E-state index >= 15 is 0 Å². The molecule has 0 radical (unpaired) electrons. The number of sulfonamides is 1. The Morgan fingerprint density at radius 3 is 2.52 bits per heavy atom. The van der Waals surface area contributed by atoms with Gasteiger partial charge in [0.05, 0.1) is 16.9 Å². The second kappa shape index (κ2) is 5.86. The van der Waals surface area contributed by atoms with Crippen molar-refractivity contribution >= 4 is 43.2 Å². The minimum absolute atomic E-state index is 0.359. The largest absolute Gasteiger partial charge is 0.339 e. The summed E-state index contributed by atoms with van der Waals surface area (Å²) < 4.78 is 28.2. The summed E-state index contributed by atoms with van der Waals surface area (Å²) in [7, 11) is -1.42. The van der Waals surface area contributed by atoms with Gasteiger partial charge in [0, 0.05) is 26.2 Å². The second-order valence-electron chi connectivity index (χ2n) is 5.11. The molecule has 1 fully saturated rings. The van der Waals surface area contributed by atoms with E-state index in [1.165, 1.54) is 15.6 Å². The molecule has 21 heavy (non-hydrogen) atoms. The molecular formula is C12H17BrN4O2S2. The molecule has 0 N–H and O–H groups in total. The fraction of sp³-hybridized carbons (Fsp3) is 0.583. The molecule has 0 unspecified atom stereocenters. The number of halogens is 1. The lowest BCUT2D eigenvalue weighted by atomic mass is 10.3. The number of piperazine rings is 1. The fourth-order valence-electron chi connectivity index (χ4n) is 2.46. The summed E-state index contributed by atoms with van der Waals surface area (Å²) in [5.74, 6) is 0.604. The van der Waals surface area contributed by atoms with Gasteiger partial charge in [0.25, 0.3) is 10.0 Å². The Bertz CT molecular complexity index is 650. The molecule has 1 aromatic heterocycles. The minimum Gasteiger partial charge on any atom is -0.339 e. The van der Waals surface area contributed by atoms with Crippen molar-refractivity contribution in [1.29, 1.82) is 0 Å². The molecule has 1 saturated heterocycles. The van der Waals surface area contributed by atoms with Crippen LogP contribution in [0.3, 0.4) is 0 Å². The van der Waals surface area contributed by atoms with Crippen molar-refractivity contribution in [2.24, 2.45) is 4.99 Å². The number of thiophene rings is 1. The Morgan fingerprint density at radius 1 is 1.19 bits per heavy atom. The molecule has 0 amide bonds. The van der Waals surface area contributed by atoms with Crippen molar-refractivity contribution in [1.82, 2.24) is 14.1 Å². The highest BCUT2D eigenvalue weighted by atomic mass is 79.9. The van der Waals surface area contributed by atoms with Gasteiger partial charge in [-0.15, -0.1) is 11.3 Å². The van der Waals surface area contributed by atoms with Crippen LogP contribution in [0.2, 0.25) is 0 Å². The summed E-state index contributed by atoms with van der Waals surface area (Å²) in [5.41, 5.74) is 0. The third-order valence-electron chi connectivity index (χ3n) is 3.66. The first-order valence-corrected chi connectivity index (χ1v) is 9.79. The van der Waals surface area contributed by atoms with Crippen molar-refractivity contribution in [3.63, 3.8) is 0 Å². The van der Waals surface area contributed by atoms with E-state index in [1.807, 2.05) is 0 Å². The molecule has 0 bridgehead atoms. The van der Waals surface area contributed by atoms with Gasteiger partial charge in [-0.25, -0.2) is 12.7 Å². The van der Waals surface area contributed by atoms with Crippen LogP contribution >= 0.6 is 27.3 Å². The van der Waals surface area contributed by atoms with Gasteiger partial charge < -0.3 is 9.80 Å². The van der Waals surface area contributed by atoms with Gasteiger partial charge in [-0.2, -0.15) is 0 Å². The summed E-state index contributed by atoms with van der Waals surface area (Å²) in [6.45, 7) is 4.45. The zero-order valence-corrected chi connectivity index (χ0v) is 14.9. The van der Waals surface area contributed by atoms with Crippen LogP contribution in [-0.4, -0.2) is 74.8 Å². The summed E-state index contributed by atoms with van der Waals surface area (Å²) >= 11 is 4.56. The van der Waals surface area contributed by atoms with Crippen LogP contribution in [0.4, 0.5) is 0 Å². The Labute approximate surface area is 137 Å². The summed E-state index contributed by atoms with van der Waals surface area (Å²) in [5, 5.41) is 0. The fourth-order valence-corrected chi connectivity index (χ4v) is 6.03. The normalized spacial score (nSPS) is 21.0. The van der Waals surface area contributed by atoms with Gasteiger partial charge in [-0.3, -0.25) is 4.99 Å². The number of likely N-dealkylation sites (N-methyl/N-ethyl adjacent to an activating group) is 1. The van der Waals surface area contributed by atoms with Crippen molar-refractivity contribution in [2.75, 3.05) is 46.3 Å². The lowest BCUT2D eigenvalue weighted by molar-refractivity contribution is 0.208. The molecule has 1 aromatic rings. The van der Waals surface area contributed by atoms with E-state index in [4.69, 9.17) is 0 Å². The lowest BCUT2D eigenvalue weighted by Gasteiger charge is -2.36. The number of guanidine groups is 1. The van der Waals surface area contributed by atoms with E-state index < -0.39 is 10.0 Å². The maximum Gasteiger partial charge on any atom is 0.276 e. The first-order chi connectivity index (χ1) is 9.98. The summed E-state index contributed by atoms with van der Waals surface area (Å²) in [6.07, 6.45) is 0. The first-order valence-electron chi connectivity index (χ1n) is 6.74. The SMILES string of the molecule is CN1CCN(C2=NCCN2S(=O)(=O)c2ccc(Br)s2)CC1. The average Bonchev–Trinajstić information content (AvgIpc) is 3.08. The molecule has 3 heterocycles. The quantitative estimate of drug-likeness (QED) is 0.756. The van der Waals surface area contributed by atoms with Gasteiger partial charge in [0.2, 0.25) is 5.96 Å². The third-order valence-corrected chi connectivity index (χ3v) is 7.53.